The Hall–Kier alpha value is -2.62. The third kappa shape index (κ3) is 7.55. The molecule has 274 valence electrons. The van der Waals surface area contributed by atoms with E-state index in [0.29, 0.717) is 54.4 Å². The lowest BCUT2D eigenvalue weighted by Crippen LogP contribution is -2.54. The minimum absolute atomic E-state index is 0.00423. The lowest BCUT2D eigenvalue weighted by molar-refractivity contribution is -0.130. The number of rotatable bonds is 9. The molecule has 11 atom stereocenters. The number of ether oxygens (including phenoxy) is 1. The molecule has 6 rings (SSSR count). The maximum atomic E-state index is 13.4. The quantitative estimate of drug-likeness (QED) is 0.253. The molecule has 4 saturated carbocycles. The molecule has 1 aromatic rings. The Morgan fingerprint density at radius 1 is 1.06 bits per heavy atom. The molecule has 0 aromatic carbocycles. The smallest absolute Gasteiger partial charge is 0.411 e. The summed E-state index contributed by atoms with van der Waals surface area (Å²) in [7, 11) is 0. The highest BCUT2D eigenvalue weighted by Gasteiger charge is 2.60. The van der Waals surface area contributed by atoms with E-state index in [0.717, 1.165) is 42.7 Å². The summed E-state index contributed by atoms with van der Waals surface area (Å²) < 4.78 is 5.65. The first-order valence-corrected chi connectivity index (χ1v) is 19.4. The van der Waals surface area contributed by atoms with E-state index in [1.807, 2.05) is 20.8 Å². The number of aliphatic hydroxyl groups is 1. The van der Waals surface area contributed by atoms with E-state index in [2.05, 4.69) is 41.4 Å². The third-order valence-electron chi connectivity index (χ3n) is 14.1. The zero-order valence-electron chi connectivity index (χ0n) is 30.9. The van der Waals surface area contributed by atoms with Crippen LogP contribution in [0.5, 0.6) is 0 Å². The fourth-order valence-corrected chi connectivity index (χ4v) is 11.6. The topological polar surface area (TPSA) is 137 Å². The van der Waals surface area contributed by atoms with Gasteiger partial charge in [-0.15, -0.1) is 0 Å². The molecule has 4 N–H and O–H groups in total. The number of carbonyl (C=O) groups is 3. The first-order chi connectivity index (χ1) is 23.2. The number of imidazole rings is 1. The largest absolute Gasteiger partial charge is 0.444 e. The SMILES string of the molecule is C[C@H](CCC(=O)N[C@H]1C[C@@H](C(=O)NCCc2cnc[nH]2)N(C(=O)OC(C)(C)C)C1)[C@H]1CCC2C3CCC4C[C@H](O)CC[C@]4(C)C3CC[C@@]21C. The monoisotopic (exact) mass is 681 g/mol. The molecule has 4 unspecified atom stereocenters. The number of fused-ring (bicyclic) bond motifs is 5. The number of aromatic amines is 1. The van der Waals surface area contributed by atoms with E-state index in [4.69, 9.17) is 4.74 Å². The number of nitrogens with zero attached hydrogens (tertiary/aromatic N) is 2. The van der Waals surface area contributed by atoms with Gasteiger partial charge in [0.05, 0.1) is 12.4 Å². The average molecular weight is 682 g/mol. The van der Waals surface area contributed by atoms with Crippen molar-refractivity contribution in [1.29, 1.82) is 0 Å². The van der Waals surface area contributed by atoms with Crippen molar-refractivity contribution in [2.45, 2.75) is 149 Å². The molecule has 1 aliphatic heterocycles. The van der Waals surface area contributed by atoms with Crippen molar-refractivity contribution in [3.05, 3.63) is 18.2 Å². The molecule has 4 aliphatic carbocycles. The second-order valence-corrected chi connectivity index (χ2v) is 18.1. The van der Waals surface area contributed by atoms with Crippen molar-refractivity contribution >= 4 is 17.9 Å². The fourth-order valence-electron chi connectivity index (χ4n) is 11.6. The number of H-pyrrole nitrogens is 1. The molecular formula is C39H63N5O5. The number of hydrogen-bond acceptors (Lipinski definition) is 6. The van der Waals surface area contributed by atoms with Crippen LogP contribution in [0.3, 0.4) is 0 Å². The van der Waals surface area contributed by atoms with E-state index >= 15 is 0 Å². The van der Waals surface area contributed by atoms with Gasteiger partial charge in [-0.1, -0.05) is 20.8 Å². The minimum Gasteiger partial charge on any atom is -0.444 e. The van der Waals surface area contributed by atoms with Crippen molar-refractivity contribution in [2.75, 3.05) is 13.1 Å². The molecule has 3 amide bonds. The van der Waals surface area contributed by atoms with E-state index in [1.54, 1.807) is 12.5 Å². The average Bonchev–Trinajstić information content (AvgIpc) is 3.78. The molecular weight excluding hydrogens is 618 g/mol. The van der Waals surface area contributed by atoms with E-state index < -0.39 is 17.7 Å². The van der Waals surface area contributed by atoms with Gasteiger partial charge in [0.15, 0.2) is 0 Å². The second-order valence-electron chi connectivity index (χ2n) is 18.1. The van der Waals surface area contributed by atoms with Crippen LogP contribution in [-0.2, 0) is 20.7 Å². The highest BCUT2D eigenvalue weighted by Crippen LogP contribution is 2.68. The molecule has 10 heteroatoms. The maximum Gasteiger partial charge on any atom is 0.411 e. The van der Waals surface area contributed by atoms with Crippen LogP contribution >= 0.6 is 0 Å². The number of likely N-dealkylation sites (tertiary alicyclic amines) is 1. The van der Waals surface area contributed by atoms with Gasteiger partial charge in [-0.3, -0.25) is 14.5 Å². The van der Waals surface area contributed by atoms with Crippen LogP contribution in [0.2, 0.25) is 0 Å². The Balaban J connectivity index is 1.02. The molecule has 0 spiro atoms. The Morgan fingerprint density at radius 2 is 1.82 bits per heavy atom. The minimum atomic E-state index is -0.706. The second kappa shape index (κ2) is 14.2. The van der Waals surface area contributed by atoms with Crippen LogP contribution in [0, 0.1) is 46.3 Å². The van der Waals surface area contributed by atoms with Gasteiger partial charge in [-0.2, -0.15) is 0 Å². The summed E-state index contributed by atoms with van der Waals surface area (Å²) in [6.45, 7) is 13.6. The highest BCUT2D eigenvalue weighted by atomic mass is 16.6. The molecule has 1 aromatic heterocycles. The summed E-state index contributed by atoms with van der Waals surface area (Å²) in [5.74, 6) is 3.92. The number of amides is 3. The molecule has 0 bridgehead atoms. The zero-order chi connectivity index (χ0) is 35.1. The highest BCUT2D eigenvalue weighted by molar-refractivity contribution is 5.87. The van der Waals surface area contributed by atoms with E-state index in [-0.39, 0.29) is 30.5 Å². The van der Waals surface area contributed by atoms with Crippen molar-refractivity contribution in [3.63, 3.8) is 0 Å². The van der Waals surface area contributed by atoms with Crippen molar-refractivity contribution in [2.24, 2.45) is 46.3 Å². The standard InChI is InChI=1S/C39H63N5O5/c1-24(30-10-11-31-29-9-8-25-19-28(45)13-16-38(25,5)32(29)14-17-39(30,31)6)7-12-34(46)43-27-20-33(44(22-27)36(48)49-37(2,3)4)35(47)41-18-15-26-21-40-23-42-26/h21,23-25,27-33,45H,7-20,22H2,1-6H3,(H,40,42)(H,41,47)(H,43,46)/t24-,25?,27+,28-,29?,30-,31?,32?,33+,38+,39-/m1/s1. The molecule has 5 fully saturated rings. The van der Waals surface area contributed by atoms with E-state index in [9.17, 15) is 19.5 Å². The van der Waals surface area contributed by atoms with E-state index in [1.165, 1.54) is 49.8 Å². The Morgan fingerprint density at radius 3 is 2.55 bits per heavy atom. The molecule has 10 nitrogen and oxygen atoms in total. The van der Waals surface area contributed by atoms with Gasteiger partial charge in [0.25, 0.3) is 0 Å². The molecule has 0 radical (unpaired) electrons. The Labute approximate surface area is 293 Å². The summed E-state index contributed by atoms with van der Waals surface area (Å²) in [4.78, 5) is 48.3. The molecule has 5 aliphatic rings. The van der Waals surface area contributed by atoms with Crippen molar-refractivity contribution < 1.29 is 24.2 Å². The van der Waals surface area contributed by atoms with Crippen LogP contribution in [0.1, 0.15) is 124 Å². The van der Waals surface area contributed by atoms with Crippen LogP contribution in [0.25, 0.3) is 0 Å². The zero-order valence-corrected chi connectivity index (χ0v) is 30.9. The summed E-state index contributed by atoms with van der Waals surface area (Å²) in [6, 6.07) is -1.01. The normalized spacial score (nSPS) is 37.8. The summed E-state index contributed by atoms with van der Waals surface area (Å²) in [6.07, 6.45) is 15.9. The first-order valence-electron chi connectivity index (χ1n) is 19.4. The van der Waals surface area contributed by atoms with Gasteiger partial charge in [0, 0.05) is 43.9 Å². The van der Waals surface area contributed by atoms with Crippen molar-refractivity contribution in [1.82, 2.24) is 25.5 Å². The van der Waals surface area contributed by atoms with Crippen LogP contribution in [0.15, 0.2) is 12.5 Å². The summed E-state index contributed by atoms with van der Waals surface area (Å²) in [5.41, 5.74) is 0.963. The maximum absolute atomic E-state index is 13.4. The predicted molar refractivity (Wildman–Crippen MR) is 188 cm³/mol. The molecule has 2 heterocycles. The van der Waals surface area contributed by atoms with Gasteiger partial charge < -0.3 is 25.5 Å². The third-order valence-corrected chi connectivity index (χ3v) is 14.1. The van der Waals surface area contributed by atoms with Gasteiger partial charge in [0.2, 0.25) is 11.8 Å². The number of nitrogens with one attached hydrogen (secondary N) is 3. The number of aromatic nitrogens is 2. The van der Waals surface area contributed by atoms with Gasteiger partial charge in [-0.05, 0) is 138 Å². The Kier molecular flexibility index (Phi) is 10.5. The molecule has 1 saturated heterocycles. The summed E-state index contributed by atoms with van der Waals surface area (Å²) in [5, 5.41) is 16.5. The lowest BCUT2D eigenvalue weighted by Gasteiger charge is -2.61. The first kappa shape index (κ1) is 36.2. The molecule has 49 heavy (non-hydrogen) atoms. The van der Waals surface area contributed by atoms with Gasteiger partial charge in [-0.25, -0.2) is 9.78 Å². The fraction of sp³-hybridized carbons (Fsp3) is 0.846. The summed E-state index contributed by atoms with van der Waals surface area (Å²) >= 11 is 0. The van der Waals surface area contributed by atoms with Gasteiger partial charge in [0.1, 0.15) is 11.6 Å². The number of hydrogen-bond donors (Lipinski definition) is 4. The lowest BCUT2D eigenvalue weighted by atomic mass is 9.44. The number of carbonyl (C=O) groups excluding carboxylic acids is 3. The van der Waals surface area contributed by atoms with Crippen molar-refractivity contribution in [3.8, 4) is 0 Å². The van der Waals surface area contributed by atoms with Crippen LogP contribution in [0.4, 0.5) is 4.79 Å². The number of aliphatic hydroxyl groups excluding tert-OH is 1. The van der Waals surface area contributed by atoms with Gasteiger partial charge >= 0.3 is 6.09 Å². The Bertz CT molecular complexity index is 1330. The predicted octanol–water partition coefficient (Wildman–Crippen LogP) is 6.00. The van der Waals surface area contributed by atoms with Crippen LogP contribution in [-0.4, -0.2) is 74.8 Å². The van der Waals surface area contributed by atoms with Crippen LogP contribution < -0.4 is 10.6 Å².